The van der Waals surface area contributed by atoms with Gasteiger partial charge in [0.25, 0.3) is 0 Å². The predicted octanol–water partition coefficient (Wildman–Crippen LogP) is 3.80. The second-order valence-electron chi connectivity index (χ2n) is 6.30. The maximum absolute atomic E-state index is 12.8. The molecule has 1 N–H and O–H groups in total. The number of nitrogens with one attached hydrogen (secondary N) is 1. The van der Waals surface area contributed by atoms with Crippen LogP contribution in [0.2, 0.25) is 5.02 Å². The van der Waals surface area contributed by atoms with Crippen LogP contribution < -0.4 is 5.32 Å². The molecule has 1 aliphatic rings. The molecule has 2 atom stereocenters. The van der Waals surface area contributed by atoms with E-state index in [0.717, 1.165) is 18.6 Å². The van der Waals surface area contributed by atoms with Crippen molar-refractivity contribution in [3.05, 3.63) is 28.8 Å². The van der Waals surface area contributed by atoms with Gasteiger partial charge in [0.15, 0.2) is 0 Å². The number of rotatable bonds is 1. The standard InChI is InChI=1S/C16H18ClF3N2O2/c1-9-5-10(2)8-22(7-9)15(24)14(23)21-11-3-4-13(17)12(6-11)16(18,19)20/h3-4,6,9-10H,5,7-8H2,1-2H3,(H,21,23). The van der Waals surface area contributed by atoms with Crippen LogP contribution in [0.25, 0.3) is 0 Å². The molecule has 1 aliphatic heterocycles. The molecule has 0 aliphatic carbocycles. The van der Waals surface area contributed by atoms with Crippen molar-refractivity contribution >= 4 is 29.1 Å². The predicted molar refractivity (Wildman–Crippen MR) is 84.6 cm³/mol. The molecule has 1 heterocycles. The average molecular weight is 363 g/mol. The molecule has 24 heavy (non-hydrogen) atoms. The lowest BCUT2D eigenvalue weighted by Gasteiger charge is -2.34. The summed E-state index contributed by atoms with van der Waals surface area (Å²) in [5.74, 6) is -1.14. The minimum absolute atomic E-state index is 0.122. The van der Waals surface area contributed by atoms with Crippen LogP contribution in [0.15, 0.2) is 18.2 Å². The maximum atomic E-state index is 12.8. The van der Waals surface area contributed by atoms with Gasteiger partial charge in [-0.2, -0.15) is 13.2 Å². The number of hydrogen-bond acceptors (Lipinski definition) is 2. The lowest BCUT2D eigenvalue weighted by atomic mass is 9.92. The van der Waals surface area contributed by atoms with E-state index in [9.17, 15) is 22.8 Å². The highest BCUT2D eigenvalue weighted by Crippen LogP contribution is 2.36. The SMILES string of the molecule is CC1CC(C)CN(C(=O)C(=O)Nc2ccc(Cl)c(C(F)(F)F)c2)C1. The summed E-state index contributed by atoms with van der Waals surface area (Å²) in [4.78, 5) is 25.7. The molecule has 0 radical (unpaired) electrons. The van der Waals surface area contributed by atoms with Gasteiger partial charge in [-0.25, -0.2) is 0 Å². The van der Waals surface area contributed by atoms with E-state index in [0.29, 0.717) is 13.1 Å². The summed E-state index contributed by atoms with van der Waals surface area (Å²) in [6.45, 7) is 4.90. The normalized spacial score (nSPS) is 21.5. The fourth-order valence-electron chi connectivity index (χ4n) is 2.98. The summed E-state index contributed by atoms with van der Waals surface area (Å²) in [5, 5.41) is 1.75. The molecule has 4 nitrogen and oxygen atoms in total. The number of benzene rings is 1. The van der Waals surface area contributed by atoms with Crippen LogP contribution in [-0.4, -0.2) is 29.8 Å². The van der Waals surface area contributed by atoms with Crippen LogP contribution in [-0.2, 0) is 15.8 Å². The summed E-state index contributed by atoms with van der Waals surface area (Å²) < 4.78 is 38.5. The number of amides is 2. The molecular formula is C16H18ClF3N2O2. The van der Waals surface area contributed by atoms with Gasteiger partial charge in [0.2, 0.25) is 0 Å². The lowest BCUT2D eigenvalue weighted by Crippen LogP contribution is -2.47. The maximum Gasteiger partial charge on any atom is 0.417 e. The van der Waals surface area contributed by atoms with Gasteiger partial charge in [0, 0.05) is 18.8 Å². The van der Waals surface area contributed by atoms with Crippen LogP contribution >= 0.6 is 11.6 Å². The van der Waals surface area contributed by atoms with E-state index in [-0.39, 0.29) is 17.5 Å². The smallest absolute Gasteiger partial charge is 0.334 e. The zero-order valence-electron chi connectivity index (χ0n) is 13.3. The van der Waals surface area contributed by atoms with Crippen molar-refractivity contribution in [2.75, 3.05) is 18.4 Å². The van der Waals surface area contributed by atoms with Gasteiger partial charge in [-0.15, -0.1) is 0 Å². The zero-order valence-corrected chi connectivity index (χ0v) is 14.0. The molecule has 0 aromatic heterocycles. The molecule has 0 spiro atoms. The quantitative estimate of drug-likeness (QED) is 0.772. The molecule has 132 valence electrons. The van der Waals surface area contributed by atoms with E-state index in [1.54, 1.807) is 0 Å². The molecular weight excluding hydrogens is 345 g/mol. The molecule has 0 saturated carbocycles. The van der Waals surface area contributed by atoms with Crippen molar-refractivity contribution in [2.24, 2.45) is 11.8 Å². The monoisotopic (exact) mass is 362 g/mol. The van der Waals surface area contributed by atoms with Crippen molar-refractivity contribution in [1.82, 2.24) is 4.90 Å². The van der Waals surface area contributed by atoms with Gasteiger partial charge in [-0.1, -0.05) is 25.4 Å². The van der Waals surface area contributed by atoms with E-state index in [1.165, 1.54) is 11.0 Å². The molecule has 1 saturated heterocycles. The van der Waals surface area contributed by atoms with E-state index in [4.69, 9.17) is 11.6 Å². The van der Waals surface area contributed by atoms with Crippen molar-refractivity contribution in [1.29, 1.82) is 0 Å². The summed E-state index contributed by atoms with van der Waals surface area (Å²) in [6, 6.07) is 2.98. The van der Waals surface area contributed by atoms with Gasteiger partial charge in [0.05, 0.1) is 10.6 Å². The lowest BCUT2D eigenvalue weighted by molar-refractivity contribution is -0.145. The third kappa shape index (κ3) is 4.41. The van der Waals surface area contributed by atoms with Crippen LogP contribution in [0.4, 0.5) is 18.9 Å². The highest BCUT2D eigenvalue weighted by Gasteiger charge is 2.34. The molecule has 2 rings (SSSR count). The van der Waals surface area contributed by atoms with Gasteiger partial charge >= 0.3 is 18.0 Å². The van der Waals surface area contributed by atoms with Crippen molar-refractivity contribution < 1.29 is 22.8 Å². The number of nitrogens with zero attached hydrogens (tertiary/aromatic N) is 1. The first kappa shape index (κ1) is 18.6. The minimum Gasteiger partial charge on any atom is -0.334 e. The number of anilines is 1. The van der Waals surface area contributed by atoms with Crippen molar-refractivity contribution in [3.8, 4) is 0 Å². The Morgan fingerprint density at radius 1 is 1.21 bits per heavy atom. The van der Waals surface area contributed by atoms with Gasteiger partial charge < -0.3 is 10.2 Å². The number of piperidine rings is 1. The van der Waals surface area contributed by atoms with Gasteiger partial charge in [-0.3, -0.25) is 9.59 Å². The zero-order chi connectivity index (χ0) is 18.1. The van der Waals surface area contributed by atoms with E-state index >= 15 is 0 Å². The Hall–Kier alpha value is -1.76. The third-order valence-electron chi connectivity index (χ3n) is 3.88. The molecule has 1 fully saturated rings. The largest absolute Gasteiger partial charge is 0.417 e. The third-order valence-corrected chi connectivity index (χ3v) is 4.21. The fourth-order valence-corrected chi connectivity index (χ4v) is 3.20. The first-order valence-corrected chi connectivity index (χ1v) is 7.92. The van der Waals surface area contributed by atoms with Crippen LogP contribution in [0.1, 0.15) is 25.8 Å². The topological polar surface area (TPSA) is 49.4 Å². The number of carbonyl (C=O) groups is 2. The first-order chi connectivity index (χ1) is 11.1. The Labute approximate surface area is 143 Å². The number of hydrogen-bond donors (Lipinski definition) is 1. The van der Waals surface area contributed by atoms with E-state index in [1.807, 2.05) is 13.8 Å². The second kappa shape index (κ2) is 7.01. The Morgan fingerprint density at radius 2 is 1.79 bits per heavy atom. The molecule has 1 aromatic rings. The molecule has 2 unspecified atom stereocenters. The van der Waals surface area contributed by atoms with Crippen molar-refractivity contribution in [3.63, 3.8) is 0 Å². The van der Waals surface area contributed by atoms with E-state index < -0.39 is 28.6 Å². The number of carbonyl (C=O) groups excluding carboxylic acids is 2. The number of halogens is 4. The summed E-state index contributed by atoms with van der Waals surface area (Å²) in [6.07, 6.45) is -3.67. The second-order valence-corrected chi connectivity index (χ2v) is 6.71. The van der Waals surface area contributed by atoms with Crippen LogP contribution in [0.3, 0.4) is 0 Å². The number of alkyl halides is 3. The molecule has 2 amide bonds. The Morgan fingerprint density at radius 3 is 2.33 bits per heavy atom. The summed E-state index contributed by atoms with van der Waals surface area (Å²) in [7, 11) is 0. The highest BCUT2D eigenvalue weighted by atomic mass is 35.5. The first-order valence-electron chi connectivity index (χ1n) is 7.55. The summed E-state index contributed by atoms with van der Waals surface area (Å²) in [5.41, 5.74) is -1.18. The molecule has 8 heteroatoms. The van der Waals surface area contributed by atoms with Gasteiger partial charge in [-0.05, 0) is 36.5 Å². The van der Waals surface area contributed by atoms with Crippen molar-refractivity contribution in [2.45, 2.75) is 26.4 Å². The number of likely N-dealkylation sites (tertiary alicyclic amines) is 1. The Kier molecular flexibility index (Phi) is 5.42. The fraction of sp³-hybridized carbons (Fsp3) is 0.500. The van der Waals surface area contributed by atoms with E-state index in [2.05, 4.69) is 5.32 Å². The Bertz CT molecular complexity index is 639. The van der Waals surface area contributed by atoms with Gasteiger partial charge in [0.1, 0.15) is 0 Å². The highest BCUT2D eigenvalue weighted by molar-refractivity contribution is 6.39. The van der Waals surface area contributed by atoms with Crippen LogP contribution in [0, 0.1) is 11.8 Å². The minimum atomic E-state index is -4.64. The average Bonchev–Trinajstić information content (AvgIpc) is 2.46. The Balaban J connectivity index is 2.11. The summed E-state index contributed by atoms with van der Waals surface area (Å²) >= 11 is 5.53. The molecule has 1 aromatic carbocycles. The molecule has 0 bridgehead atoms. The van der Waals surface area contributed by atoms with Crippen LogP contribution in [0.5, 0.6) is 0 Å².